The molecule has 0 aliphatic rings. The maximum absolute atomic E-state index is 13.1. The number of carboxylic acids is 1. The van der Waals surface area contributed by atoms with Crippen molar-refractivity contribution in [3.8, 4) is 0 Å². The highest BCUT2D eigenvalue weighted by Gasteiger charge is 2.26. The van der Waals surface area contributed by atoms with Gasteiger partial charge in [0.1, 0.15) is 24.3 Å². The van der Waals surface area contributed by atoms with E-state index in [4.69, 9.17) is 0 Å². The van der Waals surface area contributed by atoms with E-state index >= 15 is 0 Å². The highest BCUT2D eigenvalue weighted by molar-refractivity contribution is 6.01. The molecule has 0 aliphatic carbocycles. The van der Waals surface area contributed by atoms with Crippen LogP contribution in [0.2, 0.25) is 0 Å². The number of aliphatic carboxylic acids is 1. The van der Waals surface area contributed by atoms with Gasteiger partial charge in [-0.25, -0.2) is 9.59 Å². The lowest BCUT2D eigenvalue weighted by molar-refractivity contribution is -0.143. The maximum atomic E-state index is 13.1. The Hall–Kier alpha value is -4.74. The molecule has 0 saturated carbocycles. The number of benzene rings is 1. The van der Waals surface area contributed by atoms with E-state index in [1.807, 2.05) is 0 Å². The molecule has 0 radical (unpaired) electrons. The number of anilines is 1. The Morgan fingerprint density at radius 2 is 1.75 bits per heavy atom. The third-order valence-electron chi connectivity index (χ3n) is 6.12. The predicted octanol–water partition coefficient (Wildman–Crippen LogP) is 1.71. The third-order valence-corrected chi connectivity index (χ3v) is 6.12. The van der Waals surface area contributed by atoms with Crippen molar-refractivity contribution in [1.82, 2.24) is 15.2 Å². The summed E-state index contributed by atoms with van der Waals surface area (Å²) in [5.74, 6) is -3.94. The number of ether oxygens (including phenoxy) is 1. The second kappa shape index (κ2) is 15.6. The summed E-state index contributed by atoms with van der Waals surface area (Å²) in [7, 11) is 1.23. The molecule has 2 rings (SSSR count). The monoisotopic (exact) mass is 554 g/mol. The first-order chi connectivity index (χ1) is 19.1. The molecule has 0 spiro atoms. The fourth-order valence-electron chi connectivity index (χ4n) is 3.64. The van der Waals surface area contributed by atoms with Gasteiger partial charge in [-0.15, -0.1) is 0 Å². The van der Waals surface area contributed by atoms with E-state index in [1.54, 1.807) is 44.2 Å². The number of methoxy groups -OCH3 is 1. The van der Waals surface area contributed by atoms with E-state index < -0.39 is 53.8 Å². The number of carbonyl (C=O) groups is 5. The summed E-state index contributed by atoms with van der Waals surface area (Å²) in [4.78, 5) is 74.2. The van der Waals surface area contributed by atoms with Crippen LogP contribution in [-0.4, -0.2) is 58.5 Å². The van der Waals surface area contributed by atoms with Crippen LogP contribution >= 0.6 is 0 Å². The van der Waals surface area contributed by atoms with Crippen LogP contribution in [0.3, 0.4) is 0 Å². The first-order valence-corrected chi connectivity index (χ1v) is 12.7. The van der Waals surface area contributed by atoms with Gasteiger partial charge in [0.15, 0.2) is 0 Å². The van der Waals surface area contributed by atoms with Gasteiger partial charge < -0.3 is 30.4 Å². The number of esters is 1. The number of amides is 3. The van der Waals surface area contributed by atoms with Crippen molar-refractivity contribution >= 4 is 35.3 Å². The number of allylic oxidation sites excluding steroid dienone is 1. The maximum Gasteiger partial charge on any atom is 0.330 e. The number of hydrogen-bond donors (Lipinski definition) is 4. The average molecular weight is 555 g/mol. The first-order valence-electron chi connectivity index (χ1n) is 12.7. The van der Waals surface area contributed by atoms with Crippen LogP contribution in [-0.2, 0) is 30.5 Å². The van der Waals surface area contributed by atoms with Gasteiger partial charge in [-0.3, -0.25) is 19.2 Å². The van der Waals surface area contributed by atoms with E-state index in [2.05, 4.69) is 20.7 Å². The number of carbonyl (C=O) groups excluding carboxylic acids is 4. The van der Waals surface area contributed by atoms with Crippen LogP contribution in [0.4, 0.5) is 5.69 Å². The van der Waals surface area contributed by atoms with E-state index in [0.717, 1.165) is 4.57 Å². The van der Waals surface area contributed by atoms with Crippen LogP contribution in [0.25, 0.3) is 0 Å². The molecule has 3 atom stereocenters. The van der Waals surface area contributed by atoms with Gasteiger partial charge in [-0.05, 0) is 43.0 Å². The summed E-state index contributed by atoms with van der Waals surface area (Å²) in [6.45, 7) is 3.03. The molecule has 2 aromatic rings. The molecule has 1 aromatic carbocycles. The number of aromatic nitrogens is 1. The summed E-state index contributed by atoms with van der Waals surface area (Å²) < 4.78 is 5.58. The highest BCUT2D eigenvalue weighted by atomic mass is 16.5. The minimum atomic E-state index is -1.18. The molecular weight excluding hydrogens is 520 g/mol. The summed E-state index contributed by atoms with van der Waals surface area (Å²) in [6, 6.07) is 8.87. The smallest absolute Gasteiger partial charge is 0.330 e. The molecule has 1 aromatic heterocycles. The molecule has 0 saturated heterocycles. The molecule has 1 heterocycles. The standard InChI is InChI=1S/C28H34N4O8/c1-4-18(2)24(28(38)39)31-22(33)17-32-16-10-14-21(27(32)37)30-26(36)20(13-8-9-15-23(34)40-3)29-25(35)19-11-6-5-7-12-19/h5-7,9-12,14-16,18,20,24H,4,8,13,17H2,1-3H3,(H,29,35)(H,30,36)(H,31,33)(H,38,39)/b15-9+/t18-,20+,24-/m1/s1. The number of nitrogens with zero attached hydrogens (tertiary/aromatic N) is 1. The molecule has 214 valence electrons. The number of nitrogens with one attached hydrogen (secondary N) is 3. The van der Waals surface area contributed by atoms with Gasteiger partial charge in [0.2, 0.25) is 11.8 Å². The van der Waals surface area contributed by atoms with Gasteiger partial charge in [0.25, 0.3) is 11.5 Å². The predicted molar refractivity (Wildman–Crippen MR) is 146 cm³/mol. The summed E-state index contributed by atoms with van der Waals surface area (Å²) in [5.41, 5.74) is -0.503. The van der Waals surface area contributed by atoms with Crippen LogP contribution in [0.15, 0.2) is 65.6 Å². The van der Waals surface area contributed by atoms with Crippen molar-refractivity contribution in [2.24, 2.45) is 5.92 Å². The Bertz CT molecular complexity index is 1290. The van der Waals surface area contributed by atoms with Crippen molar-refractivity contribution < 1.29 is 33.8 Å². The largest absolute Gasteiger partial charge is 0.480 e. The molecule has 12 nitrogen and oxygen atoms in total. The average Bonchev–Trinajstić information content (AvgIpc) is 2.94. The Balaban J connectivity index is 2.18. The minimum absolute atomic E-state index is 0.105. The van der Waals surface area contributed by atoms with E-state index in [9.17, 15) is 33.9 Å². The number of rotatable bonds is 14. The molecule has 0 bridgehead atoms. The van der Waals surface area contributed by atoms with Crippen LogP contribution in [0, 0.1) is 5.92 Å². The summed E-state index contributed by atoms with van der Waals surface area (Å²) >= 11 is 0. The van der Waals surface area contributed by atoms with E-state index in [-0.39, 0.29) is 24.4 Å². The van der Waals surface area contributed by atoms with Gasteiger partial charge in [0.05, 0.1) is 7.11 Å². The highest BCUT2D eigenvalue weighted by Crippen LogP contribution is 2.09. The van der Waals surface area contributed by atoms with Gasteiger partial charge in [0, 0.05) is 17.8 Å². The zero-order valence-electron chi connectivity index (χ0n) is 22.6. The minimum Gasteiger partial charge on any atom is -0.480 e. The molecule has 3 amide bonds. The van der Waals surface area contributed by atoms with Crippen molar-refractivity contribution in [2.75, 3.05) is 12.4 Å². The van der Waals surface area contributed by atoms with Crippen LogP contribution in [0.1, 0.15) is 43.5 Å². The molecule has 12 heteroatoms. The molecule has 40 heavy (non-hydrogen) atoms. The second-order valence-electron chi connectivity index (χ2n) is 9.01. The van der Waals surface area contributed by atoms with Gasteiger partial charge in [-0.2, -0.15) is 0 Å². The van der Waals surface area contributed by atoms with Crippen molar-refractivity contribution in [2.45, 2.75) is 51.7 Å². The molecular formula is C28H34N4O8. The van der Waals surface area contributed by atoms with E-state index in [0.29, 0.717) is 12.0 Å². The van der Waals surface area contributed by atoms with Gasteiger partial charge in [-0.1, -0.05) is 44.5 Å². The lowest BCUT2D eigenvalue weighted by Crippen LogP contribution is -2.47. The first kappa shape index (κ1) is 31.5. The SMILES string of the molecule is CC[C@@H](C)[C@@H](NC(=O)Cn1cccc(NC(=O)[C@H](CC/C=C/C(=O)OC)NC(=O)c2ccccc2)c1=O)C(=O)O. The van der Waals surface area contributed by atoms with Crippen LogP contribution < -0.4 is 21.5 Å². The second-order valence-corrected chi connectivity index (χ2v) is 9.01. The fraction of sp³-hybridized carbons (Fsp3) is 0.357. The van der Waals surface area contributed by atoms with Crippen molar-refractivity contribution in [3.05, 3.63) is 76.7 Å². The topological polar surface area (TPSA) is 173 Å². The quantitative estimate of drug-likeness (QED) is 0.202. The number of pyridine rings is 1. The lowest BCUT2D eigenvalue weighted by atomic mass is 9.99. The fourth-order valence-corrected chi connectivity index (χ4v) is 3.64. The molecule has 0 fully saturated rings. The van der Waals surface area contributed by atoms with Gasteiger partial charge >= 0.3 is 11.9 Å². The normalized spacial score (nSPS) is 13.1. The third kappa shape index (κ3) is 9.53. The number of carboxylic acid groups (broad SMARTS) is 1. The number of hydrogen-bond acceptors (Lipinski definition) is 7. The van der Waals surface area contributed by atoms with Crippen molar-refractivity contribution in [1.29, 1.82) is 0 Å². The Kier molecular flexibility index (Phi) is 12.3. The molecule has 4 N–H and O–H groups in total. The Morgan fingerprint density at radius 1 is 1.05 bits per heavy atom. The molecule has 0 unspecified atom stereocenters. The van der Waals surface area contributed by atoms with Crippen LogP contribution in [0.5, 0.6) is 0 Å². The van der Waals surface area contributed by atoms with Crippen molar-refractivity contribution in [3.63, 3.8) is 0 Å². The summed E-state index contributed by atoms with van der Waals surface area (Å²) in [6.07, 6.45) is 4.90. The van der Waals surface area contributed by atoms with E-state index in [1.165, 1.54) is 37.6 Å². The lowest BCUT2D eigenvalue weighted by Gasteiger charge is -2.20. The Labute approximate surface area is 231 Å². The molecule has 0 aliphatic heterocycles. The Morgan fingerprint density at radius 3 is 2.38 bits per heavy atom. The summed E-state index contributed by atoms with van der Waals surface area (Å²) in [5, 5.41) is 17.0. The zero-order chi connectivity index (χ0) is 29.7. The zero-order valence-corrected chi connectivity index (χ0v) is 22.6.